The van der Waals surface area contributed by atoms with Crippen LogP contribution in [0.1, 0.15) is 43.7 Å². The lowest BCUT2D eigenvalue weighted by atomic mass is 10.0. The number of carbonyl (C=O) groups is 2. The summed E-state index contributed by atoms with van der Waals surface area (Å²) in [6.07, 6.45) is 3.93. The predicted octanol–water partition coefficient (Wildman–Crippen LogP) is 6.12. The first-order chi connectivity index (χ1) is 22.8. The Labute approximate surface area is 276 Å². The molecule has 1 atom stereocenters. The van der Waals surface area contributed by atoms with Crippen LogP contribution >= 0.6 is 0 Å². The topological polar surface area (TPSA) is 96.0 Å². The molecule has 5 rings (SSSR count). The van der Waals surface area contributed by atoms with Crippen LogP contribution < -0.4 is 14.4 Å². The molecule has 0 bridgehead atoms. The van der Waals surface area contributed by atoms with Crippen molar-refractivity contribution in [2.75, 3.05) is 17.5 Å². The van der Waals surface area contributed by atoms with Crippen molar-refractivity contribution in [3.63, 3.8) is 0 Å². The molecule has 0 aromatic heterocycles. The maximum absolute atomic E-state index is 14.6. The summed E-state index contributed by atoms with van der Waals surface area (Å²) in [5.41, 5.74) is 1.63. The standard InChI is InChI=1S/C37H40FN3O5S/c1-2-46-35-20-12-11-19-33(35)41(47(44,45)32-17-7-4-8-18-32)27-36(42)40(26-29-21-23-30(38)24-22-29)34(25-28-13-5-3-6-14-28)37(43)39-31-15-9-10-16-31/h3-8,11-14,17-24,31,34H,2,9-10,15-16,25-27H2,1H3,(H,39,43). The normalized spacial score (nSPS) is 13.9. The van der Waals surface area contributed by atoms with Crippen molar-refractivity contribution in [2.45, 2.75) is 62.6 Å². The molecule has 0 saturated heterocycles. The number of sulfonamides is 1. The van der Waals surface area contributed by atoms with E-state index in [1.165, 1.54) is 29.2 Å². The van der Waals surface area contributed by atoms with E-state index in [2.05, 4.69) is 5.32 Å². The SMILES string of the molecule is CCOc1ccccc1N(CC(=O)N(Cc1ccc(F)cc1)C(Cc1ccccc1)C(=O)NC1CCCC1)S(=O)(=O)c1ccccc1. The number of anilines is 1. The molecule has 1 fully saturated rings. The van der Waals surface area contributed by atoms with Crippen molar-refractivity contribution in [3.05, 3.63) is 126 Å². The minimum atomic E-state index is -4.27. The zero-order valence-corrected chi connectivity index (χ0v) is 27.2. The summed E-state index contributed by atoms with van der Waals surface area (Å²) in [5, 5.41) is 3.15. The lowest BCUT2D eigenvalue weighted by molar-refractivity contribution is -0.140. The fourth-order valence-corrected chi connectivity index (χ4v) is 7.33. The third-order valence-corrected chi connectivity index (χ3v) is 10.1. The number of hydrogen-bond donors (Lipinski definition) is 1. The molecule has 2 amide bonds. The van der Waals surface area contributed by atoms with Gasteiger partial charge in [0.15, 0.2) is 0 Å². The van der Waals surface area contributed by atoms with E-state index in [0.29, 0.717) is 11.3 Å². The minimum Gasteiger partial charge on any atom is -0.492 e. The van der Waals surface area contributed by atoms with Crippen LogP contribution in [0.2, 0.25) is 0 Å². The van der Waals surface area contributed by atoms with E-state index in [-0.39, 0.29) is 42.1 Å². The van der Waals surface area contributed by atoms with Crippen LogP contribution in [0, 0.1) is 5.82 Å². The second-order valence-corrected chi connectivity index (χ2v) is 13.4. The van der Waals surface area contributed by atoms with Crippen LogP contribution in [0.3, 0.4) is 0 Å². The number of halogens is 1. The zero-order valence-electron chi connectivity index (χ0n) is 26.4. The van der Waals surface area contributed by atoms with Gasteiger partial charge in [0.2, 0.25) is 11.8 Å². The largest absolute Gasteiger partial charge is 0.492 e. The fraction of sp³-hybridized carbons (Fsp3) is 0.297. The van der Waals surface area contributed by atoms with Crippen molar-refractivity contribution >= 4 is 27.5 Å². The molecule has 0 heterocycles. The van der Waals surface area contributed by atoms with E-state index in [0.717, 1.165) is 35.6 Å². The van der Waals surface area contributed by atoms with Gasteiger partial charge in [-0.1, -0.05) is 85.6 Å². The molecule has 1 saturated carbocycles. The second kappa shape index (κ2) is 15.7. The number of ether oxygens (including phenoxy) is 1. The highest BCUT2D eigenvalue weighted by Gasteiger charge is 2.36. The Morgan fingerprint density at radius 3 is 2.13 bits per heavy atom. The molecule has 10 heteroatoms. The van der Waals surface area contributed by atoms with E-state index in [1.807, 2.05) is 30.3 Å². The number of rotatable bonds is 14. The summed E-state index contributed by atoms with van der Waals surface area (Å²) in [4.78, 5) is 30.2. The van der Waals surface area contributed by atoms with E-state index in [1.54, 1.807) is 61.5 Å². The highest BCUT2D eigenvalue weighted by atomic mass is 32.2. The highest BCUT2D eigenvalue weighted by molar-refractivity contribution is 7.92. The van der Waals surface area contributed by atoms with Crippen molar-refractivity contribution in [1.82, 2.24) is 10.2 Å². The van der Waals surface area contributed by atoms with Crippen LogP contribution in [0.4, 0.5) is 10.1 Å². The summed E-state index contributed by atoms with van der Waals surface area (Å²) in [6, 6.07) is 28.7. The molecular formula is C37H40FN3O5S. The Hall–Kier alpha value is -4.70. The summed E-state index contributed by atoms with van der Waals surface area (Å²) >= 11 is 0. The van der Waals surface area contributed by atoms with Gasteiger partial charge in [0.25, 0.3) is 10.0 Å². The fourth-order valence-electron chi connectivity index (χ4n) is 5.88. The maximum atomic E-state index is 14.6. The van der Waals surface area contributed by atoms with Crippen molar-refractivity contribution in [2.24, 2.45) is 0 Å². The summed E-state index contributed by atoms with van der Waals surface area (Å²) < 4.78 is 49.3. The van der Waals surface area contributed by atoms with Crippen LogP contribution in [-0.2, 0) is 32.6 Å². The molecule has 4 aromatic rings. The zero-order chi connectivity index (χ0) is 33.2. The van der Waals surface area contributed by atoms with Gasteiger partial charge in [0, 0.05) is 19.0 Å². The Morgan fingerprint density at radius 1 is 0.851 bits per heavy atom. The molecule has 0 spiro atoms. The molecule has 1 unspecified atom stereocenters. The molecule has 1 aliphatic rings. The number of nitrogens with one attached hydrogen (secondary N) is 1. The summed E-state index contributed by atoms with van der Waals surface area (Å²) in [7, 11) is -4.27. The van der Waals surface area contributed by atoms with Gasteiger partial charge in [-0.05, 0) is 67.3 Å². The number of benzene rings is 4. The predicted molar refractivity (Wildman–Crippen MR) is 180 cm³/mol. The first-order valence-corrected chi connectivity index (χ1v) is 17.4. The average molecular weight is 658 g/mol. The van der Waals surface area contributed by atoms with Gasteiger partial charge in [-0.25, -0.2) is 12.8 Å². The van der Waals surface area contributed by atoms with E-state index < -0.39 is 34.3 Å². The maximum Gasteiger partial charge on any atom is 0.264 e. The van der Waals surface area contributed by atoms with Crippen LogP contribution in [0.25, 0.3) is 0 Å². The third kappa shape index (κ3) is 8.56. The van der Waals surface area contributed by atoms with E-state index >= 15 is 0 Å². The molecule has 246 valence electrons. The van der Waals surface area contributed by atoms with Gasteiger partial charge in [-0.3, -0.25) is 13.9 Å². The lowest BCUT2D eigenvalue weighted by Crippen LogP contribution is -2.54. The number of carbonyl (C=O) groups excluding carboxylic acids is 2. The molecule has 1 aliphatic carbocycles. The van der Waals surface area contributed by atoms with Gasteiger partial charge in [0.05, 0.1) is 17.2 Å². The molecular weight excluding hydrogens is 617 g/mol. The first kappa shape index (κ1) is 33.7. The van der Waals surface area contributed by atoms with E-state index in [9.17, 15) is 22.4 Å². The van der Waals surface area contributed by atoms with Crippen LogP contribution in [0.5, 0.6) is 5.75 Å². The first-order valence-electron chi connectivity index (χ1n) is 15.9. The smallest absolute Gasteiger partial charge is 0.264 e. The highest BCUT2D eigenvalue weighted by Crippen LogP contribution is 2.33. The quantitative estimate of drug-likeness (QED) is 0.176. The average Bonchev–Trinajstić information content (AvgIpc) is 3.60. The minimum absolute atomic E-state index is 0.00317. The third-order valence-electron chi connectivity index (χ3n) is 8.28. The number of amides is 2. The van der Waals surface area contributed by atoms with Crippen molar-refractivity contribution < 1.29 is 27.1 Å². The van der Waals surface area contributed by atoms with E-state index in [4.69, 9.17) is 4.74 Å². The summed E-state index contributed by atoms with van der Waals surface area (Å²) in [6.45, 7) is 1.42. The molecule has 47 heavy (non-hydrogen) atoms. The lowest BCUT2D eigenvalue weighted by Gasteiger charge is -2.34. The monoisotopic (exact) mass is 657 g/mol. The number of nitrogens with zero attached hydrogens (tertiary/aromatic N) is 2. The Balaban J connectivity index is 1.58. The molecule has 4 aromatic carbocycles. The van der Waals surface area contributed by atoms with Gasteiger partial charge in [0.1, 0.15) is 24.2 Å². The Morgan fingerprint density at radius 2 is 1.47 bits per heavy atom. The van der Waals surface area contributed by atoms with Crippen molar-refractivity contribution in [1.29, 1.82) is 0 Å². The number of para-hydroxylation sites is 2. The van der Waals surface area contributed by atoms with Crippen LogP contribution in [-0.4, -0.2) is 50.4 Å². The van der Waals surface area contributed by atoms with Crippen molar-refractivity contribution in [3.8, 4) is 5.75 Å². The van der Waals surface area contributed by atoms with Gasteiger partial charge in [-0.2, -0.15) is 0 Å². The number of hydrogen-bond acceptors (Lipinski definition) is 5. The summed E-state index contributed by atoms with van der Waals surface area (Å²) in [5.74, 6) is -1.04. The molecule has 1 N–H and O–H groups in total. The Bertz CT molecular complexity index is 1730. The molecule has 8 nitrogen and oxygen atoms in total. The van der Waals surface area contributed by atoms with Gasteiger partial charge >= 0.3 is 0 Å². The Kier molecular flexibility index (Phi) is 11.3. The molecule has 0 radical (unpaired) electrons. The van der Waals surface area contributed by atoms with Gasteiger partial charge < -0.3 is 15.0 Å². The van der Waals surface area contributed by atoms with Crippen LogP contribution in [0.15, 0.2) is 114 Å². The van der Waals surface area contributed by atoms with Gasteiger partial charge in [-0.15, -0.1) is 0 Å². The second-order valence-electron chi connectivity index (χ2n) is 11.6. The molecule has 0 aliphatic heterocycles.